The van der Waals surface area contributed by atoms with Gasteiger partial charge in [0.2, 0.25) is 5.76 Å². The van der Waals surface area contributed by atoms with Crippen molar-refractivity contribution < 1.29 is 24.0 Å². The molecule has 2 aromatic rings. The van der Waals surface area contributed by atoms with Crippen LogP contribution in [0.3, 0.4) is 0 Å². The monoisotopic (exact) mass is 304 g/mol. The topological polar surface area (TPSA) is 102 Å². The van der Waals surface area contributed by atoms with Crippen molar-refractivity contribution in [2.45, 2.75) is 19.3 Å². The van der Waals surface area contributed by atoms with Gasteiger partial charge in [0, 0.05) is 5.69 Å². The molecule has 0 saturated carbocycles. The summed E-state index contributed by atoms with van der Waals surface area (Å²) in [5.41, 5.74) is 0.158. The molecule has 0 bridgehead atoms. The number of amides is 1. The molecule has 1 heterocycles. The standard InChI is InChI=1S/C15H16N2O5/c1-15(2,14(19)20)9-4-6-10(7-5-9)16-13(18)11-8-12(21-3)17-22-11/h4-8H,1-3H3,(H,16,18)(H,19,20). The van der Waals surface area contributed by atoms with Crippen LogP contribution in [0.25, 0.3) is 0 Å². The number of benzene rings is 1. The number of methoxy groups -OCH3 is 1. The summed E-state index contributed by atoms with van der Waals surface area (Å²) >= 11 is 0. The van der Waals surface area contributed by atoms with Gasteiger partial charge in [0.1, 0.15) is 0 Å². The molecule has 0 saturated heterocycles. The maximum atomic E-state index is 11.9. The highest BCUT2D eigenvalue weighted by molar-refractivity contribution is 6.02. The number of hydrogen-bond donors (Lipinski definition) is 2. The lowest BCUT2D eigenvalue weighted by atomic mass is 9.85. The first kappa shape index (κ1) is 15.6. The number of nitrogens with one attached hydrogen (secondary N) is 1. The summed E-state index contributed by atoms with van der Waals surface area (Å²) in [6.45, 7) is 3.23. The highest BCUT2D eigenvalue weighted by Crippen LogP contribution is 2.25. The molecule has 2 N–H and O–H groups in total. The van der Waals surface area contributed by atoms with Crippen LogP contribution >= 0.6 is 0 Å². The second-order valence-corrected chi connectivity index (χ2v) is 5.20. The zero-order valence-electron chi connectivity index (χ0n) is 12.4. The lowest BCUT2D eigenvalue weighted by Crippen LogP contribution is -2.28. The summed E-state index contributed by atoms with van der Waals surface area (Å²) in [5, 5.41) is 15.4. The third-order valence-electron chi connectivity index (χ3n) is 3.32. The number of rotatable bonds is 5. The quantitative estimate of drug-likeness (QED) is 0.878. The largest absolute Gasteiger partial charge is 0.481 e. The van der Waals surface area contributed by atoms with E-state index in [4.69, 9.17) is 9.26 Å². The van der Waals surface area contributed by atoms with Gasteiger partial charge >= 0.3 is 5.97 Å². The highest BCUT2D eigenvalue weighted by Gasteiger charge is 2.29. The predicted octanol–water partition coefficient (Wildman–Crippen LogP) is 2.30. The van der Waals surface area contributed by atoms with E-state index in [1.807, 2.05) is 0 Å². The Morgan fingerprint density at radius 3 is 2.41 bits per heavy atom. The minimum absolute atomic E-state index is 0.0202. The molecule has 1 aromatic carbocycles. The van der Waals surface area contributed by atoms with Crippen molar-refractivity contribution in [2.75, 3.05) is 12.4 Å². The summed E-state index contributed by atoms with van der Waals surface area (Å²) in [6.07, 6.45) is 0. The van der Waals surface area contributed by atoms with Gasteiger partial charge in [-0.15, -0.1) is 0 Å². The van der Waals surface area contributed by atoms with E-state index in [0.717, 1.165) is 0 Å². The summed E-state index contributed by atoms with van der Waals surface area (Å²) in [6, 6.07) is 7.95. The molecule has 0 unspecified atom stereocenters. The van der Waals surface area contributed by atoms with Gasteiger partial charge in [-0.1, -0.05) is 12.1 Å². The Kier molecular flexibility index (Phi) is 4.16. The molecule has 0 fully saturated rings. The van der Waals surface area contributed by atoms with E-state index in [9.17, 15) is 14.7 Å². The average Bonchev–Trinajstić information content (AvgIpc) is 2.96. The van der Waals surface area contributed by atoms with Crippen LogP contribution in [-0.4, -0.2) is 29.2 Å². The van der Waals surface area contributed by atoms with Gasteiger partial charge in [-0.25, -0.2) is 0 Å². The summed E-state index contributed by atoms with van der Waals surface area (Å²) < 4.78 is 9.66. The maximum Gasteiger partial charge on any atom is 0.313 e. The van der Waals surface area contributed by atoms with Crippen LogP contribution < -0.4 is 10.1 Å². The molecule has 0 aliphatic rings. The maximum absolute atomic E-state index is 11.9. The SMILES string of the molecule is COc1cc(C(=O)Nc2ccc(C(C)(C)C(=O)O)cc2)on1. The molecule has 7 nitrogen and oxygen atoms in total. The number of carbonyl (C=O) groups excluding carboxylic acids is 1. The minimum Gasteiger partial charge on any atom is -0.481 e. The fraction of sp³-hybridized carbons (Fsp3) is 0.267. The molecule has 7 heteroatoms. The van der Waals surface area contributed by atoms with Gasteiger partial charge in [0.25, 0.3) is 11.8 Å². The molecule has 22 heavy (non-hydrogen) atoms. The molecular weight excluding hydrogens is 288 g/mol. The molecule has 1 amide bonds. The number of ether oxygens (including phenoxy) is 1. The predicted molar refractivity (Wildman–Crippen MR) is 78.1 cm³/mol. The highest BCUT2D eigenvalue weighted by atomic mass is 16.5. The van der Waals surface area contributed by atoms with Gasteiger partial charge < -0.3 is 19.7 Å². The molecule has 116 valence electrons. The van der Waals surface area contributed by atoms with Gasteiger partial charge in [-0.3, -0.25) is 9.59 Å². The zero-order chi connectivity index (χ0) is 16.3. The first-order chi connectivity index (χ1) is 10.3. The van der Waals surface area contributed by atoms with E-state index in [-0.39, 0.29) is 11.6 Å². The first-order valence-electron chi connectivity index (χ1n) is 6.50. The van der Waals surface area contributed by atoms with Crippen LogP contribution in [0.5, 0.6) is 5.88 Å². The van der Waals surface area contributed by atoms with Crippen LogP contribution in [0.1, 0.15) is 30.0 Å². The fourth-order valence-corrected chi connectivity index (χ4v) is 1.75. The molecular formula is C15H16N2O5. The lowest BCUT2D eigenvalue weighted by Gasteiger charge is -2.19. The Labute approximate surface area is 126 Å². The smallest absolute Gasteiger partial charge is 0.313 e. The number of aliphatic carboxylic acids is 1. The Bertz CT molecular complexity index is 688. The normalized spacial score (nSPS) is 11.0. The number of nitrogens with zero attached hydrogens (tertiary/aromatic N) is 1. The number of anilines is 1. The van der Waals surface area contributed by atoms with E-state index in [0.29, 0.717) is 11.3 Å². The van der Waals surface area contributed by atoms with Crippen molar-refractivity contribution in [3.05, 3.63) is 41.7 Å². The Balaban J connectivity index is 2.11. The molecule has 0 aliphatic carbocycles. The number of carboxylic acid groups (broad SMARTS) is 1. The van der Waals surface area contributed by atoms with E-state index in [2.05, 4.69) is 10.5 Å². The van der Waals surface area contributed by atoms with Crippen LogP contribution in [-0.2, 0) is 10.2 Å². The van der Waals surface area contributed by atoms with Crippen molar-refractivity contribution in [1.29, 1.82) is 0 Å². The van der Waals surface area contributed by atoms with E-state index >= 15 is 0 Å². The van der Waals surface area contributed by atoms with Gasteiger partial charge in [-0.2, -0.15) is 0 Å². The number of carboxylic acids is 1. The molecule has 0 radical (unpaired) electrons. The van der Waals surface area contributed by atoms with E-state index < -0.39 is 17.3 Å². The average molecular weight is 304 g/mol. The van der Waals surface area contributed by atoms with Crippen molar-refractivity contribution in [3.63, 3.8) is 0 Å². The number of carbonyl (C=O) groups is 2. The Morgan fingerprint density at radius 1 is 1.27 bits per heavy atom. The van der Waals surface area contributed by atoms with Crippen LogP contribution in [0, 0.1) is 0 Å². The first-order valence-corrected chi connectivity index (χ1v) is 6.50. The fourth-order valence-electron chi connectivity index (χ4n) is 1.75. The third kappa shape index (κ3) is 3.08. The van der Waals surface area contributed by atoms with E-state index in [1.54, 1.807) is 38.1 Å². The van der Waals surface area contributed by atoms with Crippen molar-refractivity contribution in [1.82, 2.24) is 5.16 Å². The molecule has 2 rings (SSSR count). The summed E-state index contributed by atoms with van der Waals surface area (Å²) in [7, 11) is 1.42. The third-order valence-corrected chi connectivity index (χ3v) is 3.32. The summed E-state index contributed by atoms with van der Waals surface area (Å²) in [5.74, 6) is -1.16. The Hall–Kier alpha value is -2.83. The molecule has 1 aromatic heterocycles. The number of aromatic nitrogens is 1. The Morgan fingerprint density at radius 2 is 1.91 bits per heavy atom. The summed E-state index contributed by atoms with van der Waals surface area (Å²) in [4.78, 5) is 23.1. The van der Waals surface area contributed by atoms with Crippen LogP contribution in [0.4, 0.5) is 5.69 Å². The van der Waals surface area contributed by atoms with Crippen LogP contribution in [0.15, 0.2) is 34.9 Å². The van der Waals surface area contributed by atoms with Gasteiger partial charge in [0.15, 0.2) is 0 Å². The second kappa shape index (κ2) is 5.88. The van der Waals surface area contributed by atoms with E-state index in [1.165, 1.54) is 13.2 Å². The van der Waals surface area contributed by atoms with Crippen LogP contribution in [0.2, 0.25) is 0 Å². The van der Waals surface area contributed by atoms with Gasteiger partial charge in [-0.05, 0) is 36.7 Å². The zero-order valence-corrected chi connectivity index (χ0v) is 12.4. The minimum atomic E-state index is -0.999. The lowest BCUT2D eigenvalue weighted by molar-refractivity contribution is -0.142. The van der Waals surface area contributed by atoms with Gasteiger partial charge in [0.05, 0.1) is 18.6 Å². The molecule has 0 atom stereocenters. The van der Waals surface area contributed by atoms with Crippen molar-refractivity contribution >= 4 is 17.6 Å². The molecule has 0 spiro atoms. The number of hydrogen-bond acceptors (Lipinski definition) is 5. The van der Waals surface area contributed by atoms with Crippen molar-refractivity contribution in [3.8, 4) is 5.88 Å². The van der Waals surface area contributed by atoms with Crippen molar-refractivity contribution in [2.24, 2.45) is 0 Å². The second-order valence-electron chi connectivity index (χ2n) is 5.20. The molecule has 0 aliphatic heterocycles.